The minimum absolute atomic E-state index is 0.0841. The molecule has 7 heteroatoms. The van der Waals surface area contributed by atoms with E-state index in [1.54, 1.807) is 0 Å². The zero-order valence-electron chi connectivity index (χ0n) is 21.1. The van der Waals surface area contributed by atoms with Gasteiger partial charge in [0.05, 0.1) is 5.52 Å². The van der Waals surface area contributed by atoms with Crippen LogP contribution in [0.1, 0.15) is 19.4 Å². The highest BCUT2D eigenvalue weighted by Gasteiger charge is 2.17. The zero-order valence-corrected chi connectivity index (χ0v) is 21.1. The Labute approximate surface area is 212 Å². The lowest BCUT2D eigenvalue weighted by molar-refractivity contribution is -0.114. The molecule has 1 aliphatic heterocycles. The number of benzene rings is 3. The summed E-state index contributed by atoms with van der Waals surface area (Å²) in [7, 11) is 2.18. The SMILES string of the molecule is CCc1cc(Nc2ncc3cccc(-c4ccc(NC(C)=O)cc4)c3n2)ccc1N1CCN(C)CC1. The number of nitrogens with zero attached hydrogens (tertiary/aromatic N) is 4. The van der Waals surface area contributed by atoms with Crippen LogP contribution in [0.4, 0.5) is 23.0 Å². The first kappa shape index (κ1) is 23.8. The summed E-state index contributed by atoms with van der Waals surface area (Å²) in [5, 5.41) is 7.21. The molecule has 1 saturated heterocycles. The van der Waals surface area contributed by atoms with Gasteiger partial charge in [-0.05, 0) is 54.9 Å². The fraction of sp³-hybridized carbons (Fsp3) is 0.276. The molecule has 0 radical (unpaired) electrons. The summed E-state index contributed by atoms with van der Waals surface area (Å²) in [5.74, 6) is 0.485. The lowest BCUT2D eigenvalue weighted by Crippen LogP contribution is -2.44. The minimum Gasteiger partial charge on any atom is -0.369 e. The third-order valence-electron chi connectivity index (χ3n) is 6.69. The quantitative estimate of drug-likeness (QED) is 0.390. The Morgan fingerprint density at radius 1 is 0.972 bits per heavy atom. The molecule has 1 fully saturated rings. The second kappa shape index (κ2) is 10.3. The summed E-state index contributed by atoms with van der Waals surface area (Å²) in [6.07, 6.45) is 2.83. The number of carbonyl (C=O) groups is 1. The molecule has 0 spiro atoms. The van der Waals surface area contributed by atoms with Crippen molar-refractivity contribution in [3.05, 3.63) is 72.4 Å². The summed E-state index contributed by atoms with van der Waals surface area (Å²) >= 11 is 0. The average Bonchev–Trinajstić information content (AvgIpc) is 2.89. The molecule has 36 heavy (non-hydrogen) atoms. The molecule has 1 amide bonds. The molecule has 0 atom stereocenters. The van der Waals surface area contributed by atoms with Gasteiger partial charge >= 0.3 is 0 Å². The molecule has 2 heterocycles. The summed E-state index contributed by atoms with van der Waals surface area (Å²) in [6, 6.07) is 20.5. The summed E-state index contributed by atoms with van der Waals surface area (Å²) in [5.41, 5.74) is 7.34. The van der Waals surface area contributed by atoms with Gasteiger partial charge in [-0.1, -0.05) is 37.3 Å². The van der Waals surface area contributed by atoms with E-state index in [2.05, 4.69) is 63.7 Å². The van der Waals surface area contributed by atoms with Gasteiger partial charge in [0, 0.05) is 67.3 Å². The normalized spacial score (nSPS) is 14.1. The molecule has 1 aromatic heterocycles. The number of carbonyl (C=O) groups excluding carboxylic acids is 1. The van der Waals surface area contributed by atoms with Gasteiger partial charge < -0.3 is 20.4 Å². The van der Waals surface area contributed by atoms with Crippen LogP contribution in [-0.4, -0.2) is 54.0 Å². The maximum absolute atomic E-state index is 11.3. The van der Waals surface area contributed by atoms with E-state index in [-0.39, 0.29) is 5.91 Å². The Morgan fingerprint density at radius 3 is 2.44 bits per heavy atom. The Balaban J connectivity index is 1.41. The van der Waals surface area contributed by atoms with Crippen LogP contribution in [0.5, 0.6) is 0 Å². The van der Waals surface area contributed by atoms with E-state index in [0.717, 1.165) is 66.0 Å². The molecular formula is C29H32N6O. The second-order valence-electron chi connectivity index (χ2n) is 9.31. The van der Waals surface area contributed by atoms with Gasteiger partial charge in [-0.2, -0.15) is 0 Å². The number of hydrogen-bond acceptors (Lipinski definition) is 6. The lowest BCUT2D eigenvalue weighted by atomic mass is 10.0. The van der Waals surface area contributed by atoms with Gasteiger partial charge in [0.15, 0.2) is 0 Å². The highest BCUT2D eigenvalue weighted by Crippen LogP contribution is 2.30. The van der Waals surface area contributed by atoms with E-state index in [9.17, 15) is 4.79 Å². The third kappa shape index (κ3) is 5.16. The first-order chi connectivity index (χ1) is 17.5. The molecule has 2 N–H and O–H groups in total. The number of para-hydroxylation sites is 1. The van der Waals surface area contributed by atoms with Crippen LogP contribution < -0.4 is 15.5 Å². The monoisotopic (exact) mass is 480 g/mol. The zero-order chi connectivity index (χ0) is 25.1. The molecule has 3 aromatic carbocycles. The summed E-state index contributed by atoms with van der Waals surface area (Å²) in [6.45, 7) is 8.00. The van der Waals surface area contributed by atoms with Crippen molar-refractivity contribution in [2.24, 2.45) is 0 Å². The van der Waals surface area contributed by atoms with E-state index >= 15 is 0 Å². The van der Waals surface area contributed by atoms with Crippen LogP contribution in [-0.2, 0) is 11.2 Å². The number of fused-ring (bicyclic) bond motifs is 1. The van der Waals surface area contributed by atoms with Gasteiger partial charge in [0.1, 0.15) is 0 Å². The van der Waals surface area contributed by atoms with E-state index in [1.807, 2.05) is 42.6 Å². The van der Waals surface area contributed by atoms with Gasteiger partial charge in [-0.15, -0.1) is 0 Å². The van der Waals surface area contributed by atoms with Crippen LogP contribution in [0.3, 0.4) is 0 Å². The molecule has 1 aliphatic rings. The molecule has 0 unspecified atom stereocenters. The van der Waals surface area contributed by atoms with Gasteiger partial charge in [0.25, 0.3) is 0 Å². The number of likely N-dealkylation sites (N-methyl/N-ethyl adjacent to an activating group) is 1. The molecule has 0 saturated carbocycles. The average molecular weight is 481 g/mol. The van der Waals surface area contributed by atoms with Crippen molar-refractivity contribution >= 4 is 39.8 Å². The number of hydrogen-bond donors (Lipinski definition) is 2. The summed E-state index contributed by atoms with van der Waals surface area (Å²) < 4.78 is 0. The fourth-order valence-corrected chi connectivity index (χ4v) is 4.72. The predicted molar refractivity (Wildman–Crippen MR) is 148 cm³/mol. The van der Waals surface area contributed by atoms with Crippen LogP contribution in [0.2, 0.25) is 0 Å². The second-order valence-corrected chi connectivity index (χ2v) is 9.31. The van der Waals surface area contributed by atoms with Crippen LogP contribution >= 0.6 is 0 Å². The number of rotatable bonds is 6. The van der Waals surface area contributed by atoms with Crippen molar-refractivity contribution in [1.82, 2.24) is 14.9 Å². The number of anilines is 4. The Morgan fingerprint density at radius 2 is 1.72 bits per heavy atom. The number of piperazine rings is 1. The molecule has 7 nitrogen and oxygen atoms in total. The van der Waals surface area contributed by atoms with Crippen molar-refractivity contribution in [3.8, 4) is 11.1 Å². The number of amides is 1. The van der Waals surface area contributed by atoms with Gasteiger partial charge in [-0.25, -0.2) is 9.97 Å². The number of aryl methyl sites for hydroxylation is 1. The Hall–Kier alpha value is -3.97. The van der Waals surface area contributed by atoms with E-state index < -0.39 is 0 Å². The van der Waals surface area contributed by atoms with Crippen LogP contribution in [0.15, 0.2) is 66.9 Å². The number of aromatic nitrogens is 2. The highest BCUT2D eigenvalue weighted by atomic mass is 16.1. The first-order valence-electron chi connectivity index (χ1n) is 12.5. The van der Waals surface area contributed by atoms with Gasteiger partial charge in [0.2, 0.25) is 11.9 Å². The maximum atomic E-state index is 11.3. The molecule has 4 aromatic rings. The van der Waals surface area contributed by atoms with Crippen LogP contribution in [0, 0.1) is 0 Å². The van der Waals surface area contributed by atoms with E-state index in [4.69, 9.17) is 4.98 Å². The predicted octanol–water partition coefficient (Wildman–Crippen LogP) is 5.31. The molecule has 0 aliphatic carbocycles. The largest absolute Gasteiger partial charge is 0.369 e. The molecular weight excluding hydrogens is 448 g/mol. The van der Waals surface area contributed by atoms with E-state index in [0.29, 0.717) is 5.95 Å². The first-order valence-corrected chi connectivity index (χ1v) is 12.5. The number of nitrogens with one attached hydrogen (secondary N) is 2. The van der Waals surface area contributed by atoms with Crippen molar-refractivity contribution in [1.29, 1.82) is 0 Å². The topological polar surface area (TPSA) is 73.4 Å². The van der Waals surface area contributed by atoms with Crippen molar-refractivity contribution in [2.45, 2.75) is 20.3 Å². The van der Waals surface area contributed by atoms with Crippen molar-refractivity contribution in [2.75, 3.05) is 48.8 Å². The molecule has 5 rings (SSSR count). The van der Waals surface area contributed by atoms with Crippen molar-refractivity contribution in [3.63, 3.8) is 0 Å². The lowest BCUT2D eigenvalue weighted by Gasteiger charge is -2.35. The van der Waals surface area contributed by atoms with Crippen molar-refractivity contribution < 1.29 is 4.79 Å². The summed E-state index contributed by atoms with van der Waals surface area (Å²) in [4.78, 5) is 25.7. The van der Waals surface area contributed by atoms with Gasteiger partial charge in [-0.3, -0.25) is 4.79 Å². The van der Waals surface area contributed by atoms with E-state index in [1.165, 1.54) is 18.2 Å². The molecule has 184 valence electrons. The Kier molecular flexibility index (Phi) is 6.82. The molecule has 0 bridgehead atoms. The Bertz CT molecular complexity index is 1380. The maximum Gasteiger partial charge on any atom is 0.227 e. The fourth-order valence-electron chi connectivity index (χ4n) is 4.72. The standard InChI is InChI=1S/C29H32N6O/c1-4-21-18-25(12-13-27(21)35-16-14-34(3)15-17-35)32-29-30-19-23-6-5-7-26(28(23)33-29)22-8-10-24(11-9-22)31-20(2)36/h5-13,18-19H,4,14-17H2,1-3H3,(H,31,36)(H,30,32,33). The van der Waals surface area contributed by atoms with Crippen LogP contribution in [0.25, 0.3) is 22.0 Å². The minimum atomic E-state index is -0.0841. The third-order valence-corrected chi connectivity index (χ3v) is 6.69. The smallest absolute Gasteiger partial charge is 0.227 e. The highest BCUT2D eigenvalue weighted by molar-refractivity contribution is 5.94.